The van der Waals surface area contributed by atoms with E-state index in [0.29, 0.717) is 49.7 Å². The van der Waals surface area contributed by atoms with Gasteiger partial charge in [0.1, 0.15) is 0 Å². The van der Waals surface area contributed by atoms with Crippen molar-refractivity contribution in [1.29, 1.82) is 0 Å². The molecule has 1 aromatic rings. The van der Waals surface area contributed by atoms with Gasteiger partial charge in [-0.1, -0.05) is 12.1 Å². The Balaban J connectivity index is 0.000000182. The van der Waals surface area contributed by atoms with Gasteiger partial charge in [0.2, 0.25) is 0 Å². The third kappa shape index (κ3) is 11.9. The first-order valence-electron chi connectivity index (χ1n) is 11.9. The molecule has 0 bridgehead atoms. The topological polar surface area (TPSA) is 217 Å². The van der Waals surface area contributed by atoms with E-state index >= 15 is 0 Å². The average Bonchev–Trinajstić information content (AvgIpc) is 3.58. The average molecular weight is 574 g/mol. The minimum absolute atomic E-state index is 0.263. The quantitative estimate of drug-likeness (QED) is 0.239. The SMILES string of the molecule is O=C1C=CC(=O)O1.O=C1CCC(=O)O1.O=C1CCCC(=O)O1.O=C1CCCC(=O)O1.O=C1OC(=O)c2ccccc21. The molecule has 0 spiro atoms. The Labute approximate surface area is 230 Å². The number of carbonyl (C=O) groups is 10. The van der Waals surface area contributed by atoms with Gasteiger partial charge in [-0.2, -0.15) is 0 Å². The summed E-state index contributed by atoms with van der Waals surface area (Å²) in [6, 6.07) is 6.53. The monoisotopic (exact) mass is 574 g/mol. The van der Waals surface area contributed by atoms with Crippen molar-refractivity contribution < 1.29 is 71.6 Å². The van der Waals surface area contributed by atoms with Crippen molar-refractivity contribution >= 4 is 59.7 Å². The number of carbonyl (C=O) groups excluding carboxylic acids is 10. The molecular formula is C26H22O15. The van der Waals surface area contributed by atoms with Crippen molar-refractivity contribution in [3.63, 3.8) is 0 Å². The third-order valence-corrected chi connectivity index (χ3v) is 4.85. The van der Waals surface area contributed by atoms with Gasteiger partial charge in [-0.15, -0.1) is 0 Å². The fourth-order valence-corrected chi connectivity index (χ4v) is 2.98. The summed E-state index contributed by atoms with van der Waals surface area (Å²) in [5.41, 5.74) is 0.718. The molecule has 5 aliphatic rings. The van der Waals surface area contributed by atoms with E-state index in [-0.39, 0.29) is 36.7 Å². The second-order valence-corrected chi connectivity index (χ2v) is 8.04. The molecule has 0 amide bonds. The molecular weight excluding hydrogens is 552 g/mol. The molecule has 0 aromatic heterocycles. The predicted octanol–water partition coefficient (Wildman–Crippen LogP) is 0.953. The maximum absolute atomic E-state index is 10.8. The van der Waals surface area contributed by atoms with Crippen LogP contribution in [0.4, 0.5) is 0 Å². The summed E-state index contributed by atoms with van der Waals surface area (Å²) in [5.74, 6) is -4.61. The lowest BCUT2D eigenvalue weighted by molar-refractivity contribution is -0.164. The van der Waals surface area contributed by atoms with Crippen LogP contribution in [0, 0.1) is 0 Å². The maximum Gasteiger partial charge on any atom is 0.346 e. The van der Waals surface area contributed by atoms with E-state index < -0.39 is 35.8 Å². The lowest BCUT2D eigenvalue weighted by Crippen LogP contribution is -2.17. The molecule has 5 heterocycles. The smallest absolute Gasteiger partial charge is 0.346 e. The minimum atomic E-state index is -0.579. The molecule has 6 rings (SSSR count). The molecule has 3 saturated heterocycles. The molecule has 0 radical (unpaired) electrons. The third-order valence-electron chi connectivity index (χ3n) is 4.85. The summed E-state index contributed by atoms with van der Waals surface area (Å²) in [5, 5.41) is 0. The largest absolute Gasteiger partial charge is 0.393 e. The Morgan fingerprint density at radius 1 is 0.390 bits per heavy atom. The van der Waals surface area contributed by atoms with E-state index in [1.165, 1.54) is 0 Å². The van der Waals surface area contributed by atoms with Crippen molar-refractivity contribution in [1.82, 2.24) is 0 Å². The fraction of sp³-hybridized carbons (Fsp3) is 0.308. The number of hydrogen-bond acceptors (Lipinski definition) is 15. The van der Waals surface area contributed by atoms with Gasteiger partial charge in [0.05, 0.1) is 24.0 Å². The highest BCUT2D eigenvalue weighted by molar-refractivity contribution is 6.14. The summed E-state index contributed by atoms with van der Waals surface area (Å²) in [6.07, 6.45) is 5.58. The summed E-state index contributed by atoms with van der Waals surface area (Å²) in [7, 11) is 0. The number of rotatable bonds is 0. The highest BCUT2D eigenvalue weighted by Crippen LogP contribution is 2.18. The van der Waals surface area contributed by atoms with Crippen LogP contribution in [0.15, 0.2) is 36.4 Å². The van der Waals surface area contributed by atoms with Crippen LogP contribution in [0.25, 0.3) is 0 Å². The molecule has 0 unspecified atom stereocenters. The number of ether oxygens (including phenoxy) is 5. The number of hydrogen-bond donors (Lipinski definition) is 0. The standard InChI is InChI=1S/C8H4O3.2C5H6O3.C4H4O3.C4H2O3/c9-7-5-3-1-2-4-6(5)8(10)11-7;2*6-4-2-1-3-5(7)8-4;2*5-3-1-2-4(6)7-3/h1-4H;2*1-3H2;1-2H2;1-2H. The van der Waals surface area contributed by atoms with E-state index in [4.69, 9.17) is 0 Å². The molecule has 0 atom stereocenters. The first-order valence-corrected chi connectivity index (χ1v) is 11.9. The first-order chi connectivity index (χ1) is 19.4. The highest BCUT2D eigenvalue weighted by Gasteiger charge is 2.28. The van der Waals surface area contributed by atoms with Crippen LogP contribution in [0.1, 0.15) is 72.1 Å². The van der Waals surface area contributed by atoms with Gasteiger partial charge in [0.15, 0.2) is 0 Å². The van der Waals surface area contributed by atoms with Crippen LogP contribution < -0.4 is 0 Å². The van der Waals surface area contributed by atoms with E-state index in [9.17, 15) is 47.9 Å². The number of fused-ring (bicyclic) bond motifs is 1. The zero-order valence-corrected chi connectivity index (χ0v) is 21.2. The molecule has 41 heavy (non-hydrogen) atoms. The van der Waals surface area contributed by atoms with E-state index in [2.05, 4.69) is 23.7 Å². The van der Waals surface area contributed by atoms with Gasteiger partial charge in [-0.05, 0) is 25.0 Å². The Morgan fingerprint density at radius 3 is 0.902 bits per heavy atom. The Morgan fingerprint density at radius 2 is 0.707 bits per heavy atom. The number of esters is 10. The maximum atomic E-state index is 10.8. The molecule has 5 aliphatic heterocycles. The predicted molar refractivity (Wildman–Crippen MR) is 127 cm³/mol. The molecule has 3 fully saturated rings. The van der Waals surface area contributed by atoms with E-state index in [0.717, 1.165) is 12.2 Å². The molecule has 0 saturated carbocycles. The molecule has 1 aromatic carbocycles. The Kier molecular flexibility index (Phi) is 12.4. The van der Waals surface area contributed by atoms with Crippen LogP contribution in [-0.2, 0) is 62.0 Å². The molecule has 0 aliphatic carbocycles. The zero-order chi connectivity index (χ0) is 30.4. The van der Waals surface area contributed by atoms with Crippen molar-refractivity contribution in [2.24, 2.45) is 0 Å². The van der Waals surface area contributed by atoms with Crippen LogP contribution in [-0.4, -0.2) is 59.7 Å². The number of benzene rings is 1. The Hall–Kier alpha value is -5.34. The van der Waals surface area contributed by atoms with Gasteiger partial charge in [0, 0.05) is 37.8 Å². The van der Waals surface area contributed by atoms with Crippen molar-refractivity contribution in [2.75, 3.05) is 0 Å². The zero-order valence-electron chi connectivity index (χ0n) is 21.2. The van der Waals surface area contributed by atoms with E-state index in [1.54, 1.807) is 24.3 Å². The van der Waals surface area contributed by atoms with Crippen LogP contribution in [0.3, 0.4) is 0 Å². The van der Waals surface area contributed by atoms with Crippen LogP contribution in [0.5, 0.6) is 0 Å². The summed E-state index contributed by atoms with van der Waals surface area (Å²) >= 11 is 0. The lowest BCUT2D eigenvalue weighted by atomic mass is 10.1. The van der Waals surface area contributed by atoms with Crippen molar-refractivity contribution in [3.05, 3.63) is 47.5 Å². The van der Waals surface area contributed by atoms with Crippen LogP contribution >= 0.6 is 0 Å². The van der Waals surface area contributed by atoms with Crippen molar-refractivity contribution in [2.45, 2.75) is 51.4 Å². The molecule has 216 valence electrons. The van der Waals surface area contributed by atoms with Gasteiger partial charge < -0.3 is 23.7 Å². The summed E-state index contributed by atoms with van der Waals surface area (Å²) in [6.45, 7) is 0. The lowest BCUT2D eigenvalue weighted by Gasteiger charge is -2.06. The molecule has 0 N–H and O–H groups in total. The number of cyclic esters (lactones) is 10. The second kappa shape index (κ2) is 15.9. The van der Waals surface area contributed by atoms with Crippen LogP contribution in [0.2, 0.25) is 0 Å². The fourth-order valence-electron chi connectivity index (χ4n) is 2.98. The van der Waals surface area contributed by atoms with E-state index in [1.807, 2.05) is 0 Å². The molecule has 15 heteroatoms. The van der Waals surface area contributed by atoms with Gasteiger partial charge >= 0.3 is 59.7 Å². The summed E-state index contributed by atoms with van der Waals surface area (Å²) < 4.78 is 20.8. The van der Waals surface area contributed by atoms with Crippen molar-refractivity contribution in [3.8, 4) is 0 Å². The Bertz CT molecular complexity index is 1180. The normalized spacial score (nSPS) is 18.3. The first kappa shape index (κ1) is 31.9. The minimum Gasteiger partial charge on any atom is -0.393 e. The second-order valence-electron chi connectivity index (χ2n) is 8.04. The summed E-state index contributed by atoms with van der Waals surface area (Å²) in [4.78, 5) is 102. The van der Waals surface area contributed by atoms with Gasteiger partial charge in [-0.25, -0.2) is 19.2 Å². The van der Waals surface area contributed by atoms with Gasteiger partial charge in [0.25, 0.3) is 0 Å². The highest BCUT2D eigenvalue weighted by atomic mass is 16.6. The molecule has 15 nitrogen and oxygen atoms in total. The van der Waals surface area contributed by atoms with Gasteiger partial charge in [-0.3, -0.25) is 28.8 Å².